The molecule has 1 heterocycles. The second-order valence-electron chi connectivity index (χ2n) is 4.28. The van der Waals surface area contributed by atoms with Gasteiger partial charge in [0.25, 0.3) is 5.91 Å². The van der Waals surface area contributed by atoms with Crippen LogP contribution in [0, 0.1) is 0 Å². The van der Waals surface area contributed by atoms with E-state index < -0.39 is 5.91 Å². The molecule has 0 fully saturated rings. The van der Waals surface area contributed by atoms with Crippen molar-refractivity contribution in [3.05, 3.63) is 35.5 Å². The van der Waals surface area contributed by atoms with Crippen LogP contribution in [0.1, 0.15) is 16.1 Å². The smallest absolute Gasteiger partial charge is 0.277 e. The van der Waals surface area contributed by atoms with E-state index in [0.717, 1.165) is 11.3 Å². The van der Waals surface area contributed by atoms with Gasteiger partial charge in [0.2, 0.25) is 11.5 Å². The zero-order valence-corrected chi connectivity index (χ0v) is 12.9. The maximum Gasteiger partial charge on any atom is 0.277 e. The van der Waals surface area contributed by atoms with Crippen molar-refractivity contribution in [3.63, 3.8) is 0 Å². The molecule has 0 aliphatic heterocycles. The average Bonchev–Trinajstić information content (AvgIpc) is 2.93. The first-order valence-electron chi connectivity index (χ1n) is 6.40. The number of carbonyl (C=O) groups excluding carboxylic acids is 1. The zero-order chi connectivity index (χ0) is 15.1. The molecule has 4 N–H and O–H groups in total. The first-order chi connectivity index (χ1) is 10.2. The topological polar surface area (TPSA) is 115 Å². The van der Waals surface area contributed by atoms with E-state index in [-0.39, 0.29) is 23.9 Å². The first-order valence-corrected chi connectivity index (χ1v) is 6.40. The Kier molecular flexibility index (Phi) is 7.14. The van der Waals surface area contributed by atoms with E-state index in [0.29, 0.717) is 19.6 Å². The molecule has 2 aromatic rings. The second-order valence-corrected chi connectivity index (χ2v) is 4.28. The lowest BCUT2D eigenvalue weighted by molar-refractivity contribution is 0.0944. The van der Waals surface area contributed by atoms with Crippen LogP contribution in [0.25, 0.3) is 0 Å². The quantitative estimate of drug-likeness (QED) is 0.638. The largest absolute Gasteiger partial charge is 0.497 e. The lowest BCUT2D eigenvalue weighted by Gasteiger charge is -2.06. The summed E-state index contributed by atoms with van der Waals surface area (Å²) in [6.45, 7) is 1.76. The van der Waals surface area contributed by atoms with E-state index in [9.17, 15) is 4.79 Å². The van der Waals surface area contributed by atoms with Crippen molar-refractivity contribution in [2.45, 2.75) is 6.54 Å². The molecule has 0 saturated heterocycles. The van der Waals surface area contributed by atoms with Crippen LogP contribution in [0.2, 0.25) is 0 Å². The van der Waals surface area contributed by atoms with Crippen LogP contribution in [0.3, 0.4) is 0 Å². The molecule has 1 aromatic heterocycles. The van der Waals surface area contributed by atoms with Gasteiger partial charge >= 0.3 is 0 Å². The molecular weight excluding hydrogens is 310 g/mol. The minimum absolute atomic E-state index is 0. The number of hydrogen-bond donors (Lipinski definition) is 3. The van der Waals surface area contributed by atoms with Gasteiger partial charge in [0.05, 0.1) is 7.11 Å². The number of hydrogen-bond acceptors (Lipinski definition) is 7. The fourth-order valence-electron chi connectivity index (χ4n) is 1.68. The summed E-state index contributed by atoms with van der Waals surface area (Å²) in [7, 11) is 1.63. The Morgan fingerprint density at radius 2 is 2.00 bits per heavy atom. The lowest BCUT2D eigenvalue weighted by atomic mass is 10.2. The Labute approximate surface area is 133 Å². The molecule has 0 spiro atoms. The third-order valence-electron chi connectivity index (χ3n) is 2.80. The van der Waals surface area contributed by atoms with Crippen LogP contribution in [0.15, 0.2) is 28.9 Å². The van der Waals surface area contributed by atoms with E-state index in [1.54, 1.807) is 7.11 Å². The summed E-state index contributed by atoms with van der Waals surface area (Å²) in [4.78, 5) is 11.6. The number of aromatic nitrogens is 2. The van der Waals surface area contributed by atoms with Gasteiger partial charge in [0.15, 0.2) is 0 Å². The fraction of sp³-hybridized carbons (Fsp3) is 0.308. The van der Waals surface area contributed by atoms with Crippen LogP contribution in [-0.4, -0.2) is 36.4 Å². The number of amides is 1. The van der Waals surface area contributed by atoms with Crippen LogP contribution in [0.4, 0.5) is 5.82 Å². The Hall–Kier alpha value is -2.32. The van der Waals surface area contributed by atoms with Crippen molar-refractivity contribution >= 4 is 24.1 Å². The van der Waals surface area contributed by atoms with Gasteiger partial charge in [-0.25, -0.2) is 4.63 Å². The lowest BCUT2D eigenvalue weighted by Crippen LogP contribution is -2.32. The molecule has 2 rings (SSSR count). The molecule has 8 nitrogen and oxygen atoms in total. The number of nitrogens with zero attached hydrogens (tertiary/aromatic N) is 2. The van der Waals surface area contributed by atoms with Crippen LogP contribution in [0.5, 0.6) is 5.75 Å². The Bertz CT molecular complexity index is 588. The molecule has 120 valence electrons. The molecule has 0 saturated carbocycles. The Morgan fingerprint density at radius 1 is 1.27 bits per heavy atom. The highest BCUT2D eigenvalue weighted by Crippen LogP contribution is 2.10. The summed E-state index contributed by atoms with van der Waals surface area (Å²) in [5, 5.41) is 12.6. The van der Waals surface area contributed by atoms with Gasteiger partial charge in [-0.3, -0.25) is 4.79 Å². The van der Waals surface area contributed by atoms with Gasteiger partial charge in [-0.15, -0.1) is 12.4 Å². The second kappa shape index (κ2) is 8.85. The van der Waals surface area contributed by atoms with E-state index in [2.05, 4.69) is 25.6 Å². The third kappa shape index (κ3) is 4.90. The molecule has 22 heavy (non-hydrogen) atoms. The minimum atomic E-state index is -0.403. The summed E-state index contributed by atoms with van der Waals surface area (Å²) >= 11 is 0. The number of ether oxygens (including phenoxy) is 1. The summed E-state index contributed by atoms with van der Waals surface area (Å²) in [6.07, 6.45) is 0. The molecule has 9 heteroatoms. The molecular formula is C13H18ClN5O3. The number of nitrogen functional groups attached to an aromatic ring is 1. The van der Waals surface area contributed by atoms with Crippen molar-refractivity contribution in [1.82, 2.24) is 20.9 Å². The summed E-state index contributed by atoms with van der Waals surface area (Å²) in [5.74, 6) is 0.406. The number of rotatable bonds is 7. The van der Waals surface area contributed by atoms with E-state index in [1.807, 2.05) is 24.3 Å². The number of methoxy groups -OCH3 is 1. The number of benzene rings is 1. The van der Waals surface area contributed by atoms with Crippen molar-refractivity contribution < 1.29 is 14.2 Å². The summed E-state index contributed by atoms with van der Waals surface area (Å²) in [5.41, 5.74) is 6.55. The van der Waals surface area contributed by atoms with E-state index in [4.69, 9.17) is 10.5 Å². The van der Waals surface area contributed by atoms with Gasteiger partial charge in [0, 0.05) is 19.6 Å². The molecule has 0 unspecified atom stereocenters. The number of carbonyl (C=O) groups is 1. The standard InChI is InChI=1S/C13H17N5O3.ClH/c1-20-10-4-2-9(3-5-10)8-15-6-7-16-13(19)11-12(14)18-21-17-11;/h2-5,15H,6-8H2,1H3,(H2,14,18)(H,16,19);1H. The van der Waals surface area contributed by atoms with E-state index in [1.165, 1.54) is 0 Å². The van der Waals surface area contributed by atoms with Gasteiger partial charge in [0.1, 0.15) is 5.75 Å². The van der Waals surface area contributed by atoms with Crippen molar-refractivity contribution in [2.75, 3.05) is 25.9 Å². The third-order valence-corrected chi connectivity index (χ3v) is 2.80. The van der Waals surface area contributed by atoms with E-state index >= 15 is 0 Å². The molecule has 0 atom stereocenters. The predicted molar refractivity (Wildman–Crippen MR) is 83.0 cm³/mol. The summed E-state index contributed by atoms with van der Waals surface area (Å²) < 4.78 is 9.45. The average molecular weight is 328 g/mol. The predicted octanol–water partition coefficient (Wildman–Crippen LogP) is 0.602. The zero-order valence-electron chi connectivity index (χ0n) is 12.0. The number of anilines is 1. The molecule has 0 bridgehead atoms. The SMILES string of the molecule is COc1ccc(CNCCNC(=O)c2nonc2N)cc1.Cl. The Morgan fingerprint density at radius 3 is 2.59 bits per heavy atom. The van der Waals surface area contributed by atoms with Crippen LogP contribution < -0.4 is 21.1 Å². The highest BCUT2D eigenvalue weighted by Gasteiger charge is 2.14. The first kappa shape index (κ1) is 17.7. The number of nitrogens with two attached hydrogens (primary N) is 1. The molecule has 0 aliphatic rings. The maximum atomic E-state index is 11.6. The number of nitrogens with one attached hydrogen (secondary N) is 2. The Balaban J connectivity index is 0.00000242. The van der Waals surface area contributed by atoms with Gasteiger partial charge in [-0.05, 0) is 28.0 Å². The normalized spacial score (nSPS) is 9.86. The molecule has 1 aromatic carbocycles. The highest BCUT2D eigenvalue weighted by molar-refractivity contribution is 5.95. The maximum absolute atomic E-state index is 11.6. The molecule has 1 amide bonds. The van der Waals surface area contributed by atoms with Gasteiger partial charge in [-0.2, -0.15) is 0 Å². The van der Waals surface area contributed by atoms with Gasteiger partial charge < -0.3 is 21.1 Å². The van der Waals surface area contributed by atoms with Gasteiger partial charge in [-0.1, -0.05) is 12.1 Å². The van der Waals surface area contributed by atoms with Crippen LogP contribution in [-0.2, 0) is 6.54 Å². The minimum Gasteiger partial charge on any atom is -0.497 e. The highest BCUT2D eigenvalue weighted by atomic mass is 35.5. The summed E-state index contributed by atoms with van der Waals surface area (Å²) in [6, 6.07) is 7.76. The van der Waals surface area contributed by atoms with Crippen molar-refractivity contribution in [2.24, 2.45) is 0 Å². The fourth-order valence-corrected chi connectivity index (χ4v) is 1.68. The number of halogens is 1. The van der Waals surface area contributed by atoms with Crippen molar-refractivity contribution in [1.29, 1.82) is 0 Å². The molecule has 0 radical (unpaired) electrons. The van der Waals surface area contributed by atoms with Crippen LogP contribution >= 0.6 is 12.4 Å². The van der Waals surface area contributed by atoms with Crippen molar-refractivity contribution in [3.8, 4) is 5.75 Å². The monoisotopic (exact) mass is 327 g/mol. The molecule has 0 aliphatic carbocycles.